The van der Waals surface area contributed by atoms with Crippen LogP contribution in [0.5, 0.6) is 0 Å². The van der Waals surface area contributed by atoms with Gasteiger partial charge >= 0.3 is 5.97 Å². The topological polar surface area (TPSA) is 37.3 Å². The summed E-state index contributed by atoms with van der Waals surface area (Å²) in [4.78, 5) is 11.2. The summed E-state index contributed by atoms with van der Waals surface area (Å²) < 4.78 is 0. The van der Waals surface area contributed by atoms with E-state index in [1.807, 2.05) is 36.4 Å². The predicted octanol–water partition coefficient (Wildman–Crippen LogP) is 4.05. The standard InChI is InChI=1S/C17H15ClO2/c18-13-7-8-15-12(9-13)6-5-11-3-1-2-4-14(11)16(15)10-17(19)20/h1-4,7-9,16H,5-6,10H2,(H,19,20)/t16-/m0/s1. The first-order valence-corrected chi connectivity index (χ1v) is 7.11. The highest BCUT2D eigenvalue weighted by atomic mass is 35.5. The lowest BCUT2D eigenvalue weighted by Gasteiger charge is -2.18. The molecule has 102 valence electrons. The second-order valence-electron chi connectivity index (χ2n) is 5.19. The van der Waals surface area contributed by atoms with E-state index in [-0.39, 0.29) is 12.3 Å². The molecule has 2 aromatic carbocycles. The number of fused-ring (bicyclic) bond motifs is 2. The fourth-order valence-electron chi connectivity index (χ4n) is 3.06. The molecule has 1 atom stereocenters. The molecule has 1 aliphatic carbocycles. The van der Waals surface area contributed by atoms with Crippen molar-refractivity contribution in [3.63, 3.8) is 0 Å². The van der Waals surface area contributed by atoms with Crippen molar-refractivity contribution in [2.75, 3.05) is 0 Å². The van der Waals surface area contributed by atoms with Gasteiger partial charge in [-0.2, -0.15) is 0 Å². The zero-order chi connectivity index (χ0) is 14.1. The Hall–Kier alpha value is -1.80. The quantitative estimate of drug-likeness (QED) is 0.904. The van der Waals surface area contributed by atoms with Crippen molar-refractivity contribution in [1.29, 1.82) is 0 Å². The van der Waals surface area contributed by atoms with Gasteiger partial charge in [0.1, 0.15) is 0 Å². The van der Waals surface area contributed by atoms with Gasteiger partial charge in [0.15, 0.2) is 0 Å². The van der Waals surface area contributed by atoms with E-state index < -0.39 is 5.97 Å². The van der Waals surface area contributed by atoms with Gasteiger partial charge in [-0.15, -0.1) is 0 Å². The first-order chi connectivity index (χ1) is 9.65. The summed E-state index contributed by atoms with van der Waals surface area (Å²) in [6, 6.07) is 13.9. The zero-order valence-corrected chi connectivity index (χ0v) is 11.7. The molecular weight excluding hydrogens is 272 g/mol. The Labute approximate surface area is 123 Å². The SMILES string of the molecule is O=C(O)C[C@H]1c2ccccc2CCc2cc(Cl)ccc21. The van der Waals surface area contributed by atoms with Crippen molar-refractivity contribution >= 4 is 17.6 Å². The molecular formula is C17H15ClO2. The van der Waals surface area contributed by atoms with Gasteiger partial charge in [-0.1, -0.05) is 41.9 Å². The largest absolute Gasteiger partial charge is 0.481 e. The molecule has 0 unspecified atom stereocenters. The molecule has 0 amide bonds. The van der Waals surface area contributed by atoms with Crippen LogP contribution < -0.4 is 0 Å². The fraction of sp³-hybridized carbons (Fsp3) is 0.235. The van der Waals surface area contributed by atoms with Gasteiger partial charge in [0, 0.05) is 10.9 Å². The second-order valence-corrected chi connectivity index (χ2v) is 5.63. The first kappa shape index (κ1) is 13.2. The molecule has 0 spiro atoms. The van der Waals surface area contributed by atoms with Gasteiger partial charge < -0.3 is 5.11 Å². The minimum Gasteiger partial charge on any atom is -0.481 e. The summed E-state index contributed by atoms with van der Waals surface area (Å²) in [5.41, 5.74) is 4.64. The lowest BCUT2D eigenvalue weighted by atomic mass is 9.86. The summed E-state index contributed by atoms with van der Waals surface area (Å²) in [5.74, 6) is -0.855. The van der Waals surface area contributed by atoms with Crippen molar-refractivity contribution in [3.05, 3.63) is 69.7 Å². The molecule has 0 saturated carbocycles. The maximum atomic E-state index is 11.2. The molecule has 0 bridgehead atoms. The molecule has 1 N–H and O–H groups in total. The maximum Gasteiger partial charge on any atom is 0.304 e. The van der Waals surface area contributed by atoms with Gasteiger partial charge in [-0.3, -0.25) is 4.79 Å². The van der Waals surface area contributed by atoms with Crippen molar-refractivity contribution in [2.45, 2.75) is 25.2 Å². The Bertz CT molecular complexity index is 664. The van der Waals surface area contributed by atoms with Crippen LogP contribution >= 0.6 is 11.6 Å². The van der Waals surface area contributed by atoms with Gasteiger partial charge in [0.25, 0.3) is 0 Å². The smallest absolute Gasteiger partial charge is 0.304 e. The summed E-state index contributed by atoms with van der Waals surface area (Å²) >= 11 is 6.08. The molecule has 3 rings (SSSR count). The van der Waals surface area contributed by atoms with E-state index in [2.05, 4.69) is 6.07 Å². The van der Waals surface area contributed by atoms with E-state index in [4.69, 9.17) is 11.6 Å². The minimum absolute atomic E-state index is 0.0848. The van der Waals surface area contributed by atoms with Crippen LogP contribution in [0.15, 0.2) is 42.5 Å². The van der Waals surface area contributed by atoms with Crippen LogP contribution in [0.25, 0.3) is 0 Å². The van der Waals surface area contributed by atoms with Crippen molar-refractivity contribution in [2.24, 2.45) is 0 Å². The number of aliphatic carboxylic acids is 1. The Morgan fingerprint density at radius 1 is 1.10 bits per heavy atom. The number of hydrogen-bond donors (Lipinski definition) is 1. The predicted molar refractivity (Wildman–Crippen MR) is 79.4 cm³/mol. The molecule has 0 radical (unpaired) electrons. The van der Waals surface area contributed by atoms with E-state index >= 15 is 0 Å². The van der Waals surface area contributed by atoms with Crippen LogP contribution in [0.3, 0.4) is 0 Å². The highest BCUT2D eigenvalue weighted by Gasteiger charge is 2.25. The van der Waals surface area contributed by atoms with Crippen LogP contribution in [-0.4, -0.2) is 11.1 Å². The maximum absolute atomic E-state index is 11.2. The lowest BCUT2D eigenvalue weighted by Crippen LogP contribution is -2.09. The Kier molecular flexibility index (Phi) is 3.49. The normalized spacial score (nSPS) is 16.9. The summed E-state index contributed by atoms with van der Waals surface area (Å²) in [5, 5.41) is 9.95. The van der Waals surface area contributed by atoms with Crippen LogP contribution in [0.2, 0.25) is 5.02 Å². The third-order valence-electron chi connectivity index (χ3n) is 3.95. The lowest BCUT2D eigenvalue weighted by molar-refractivity contribution is -0.137. The van der Waals surface area contributed by atoms with Crippen LogP contribution in [0, 0.1) is 0 Å². The third-order valence-corrected chi connectivity index (χ3v) is 4.19. The van der Waals surface area contributed by atoms with Crippen molar-refractivity contribution in [1.82, 2.24) is 0 Å². The summed E-state index contributed by atoms with van der Waals surface area (Å²) in [6.07, 6.45) is 1.95. The number of aryl methyl sites for hydroxylation is 2. The number of carbonyl (C=O) groups is 1. The molecule has 20 heavy (non-hydrogen) atoms. The molecule has 0 aromatic heterocycles. The number of rotatable bonds is 2. The number of carboxylic acids is 1. The van der Waals surface area contributed by atoms with E-state index in [0.29, 0.717) is 5.02 Å². The molecule has 1 aliphatic rings. The van der Waals surface area contributed by atoms with E-state index in [9.17, 15) is 9.90 Å². The summed E-state index contributed by atoms with van der Waals surface area (Å²) in [7, 11) is 0. The number of carboxylic acid groups (broad SMARTS) is 1. The molecule has 0 fully saturated rings. The Morgan fingerprint density at radius 3 is 2.60 bits per heavy atom. The van der Waals surface area contributed by atoms with Gasteiger partial charge in [0.2, 0.25) is 0 Å². The molecule has 3 heteroatoms. The first-order valence-electron chi connectivity index (χ1n) is 6.73. The average molecular weight is 287 g/mol. The molecule has 0 saturated heterocycles. The number of halogens is 1. The van der Waals surface area contributed by atoms with E-state index in [1.165, 1.54) is 11.1 Å². The Balaban J connectivity index is 2.16. The van der Waals surface area contributed by atoms with Crippen LogP contribution in [0.4, 0.5) is 0 Å². The van der Waals surface area contributed by atoms with E-state index in [0.717, 1.165) is 24.0 Å². The minimum atomic E-state index is -0.771. The van der Waals surface area contributed by atoms with Gasteiger partial charge in [-0.25, -0.2) is 0 Å². The third kappa shape index (κ3) is 2.44. The molecule has 2 nitrogen and oxygen atoms in total. The van der Waals surface area contributed by atoms with Crippen molar-refractivity contribution in [3.8, 4) is 0 Å². The van der Waals surface area contributed by atoms with Gasteiger partial charge in [-0.05, 0) is 47.2 Å². The van der Waals surface area contributed by atoms with Gasteiger partial charge in [0.05, 0.1) is 6.42 Å². The second kappa shape index (κ2) is 5.29. The van der Waals surface area contributed by atoms with Crippen LogP contribution in [0.1, 0.15) is 34.6 Å². The Morgan fingerprint density at radius 2 is 1.80 bits per heavy atom. The van der Waals surface area contributed by atoms with Crippen LogP contribution in [-0.2, 0) is 17.6 Å². The van der Waals surface area contributed by atoms with Crippen molar-refractivity contribution < 1.29 is 9.90 Å². The molecule has 0 aliphatic heterocycles. The average Bonchev–Trinajstić information content (AvgIpc) is 2.57. The number of benzene rings is 2. The monoisotopic (exact) mass is 286 g/mol. The zero-order valence-electron chi connectivity index (χ0n) is 11.0. The molecule has 0 heterocycles. The highest BCUT2D eigenvalue weighted by Crippen LogP contribution is 2.37. The summed E-state index contributed by atoms with van der Waals surface area (Å²) in [6.45, 7) is 0. The highest BCUT2D eigenvalue weighted by molar-refractivity contribution is 6.30. The fourth-order valence-corrected chi connectivity index (χ4v) is 3.26. The molecule has 2 aromatic rings. The van der Waals surface area contributed by atoms with E-state index in [1.54, 1.807) is 0 Å². The number of hydrogen-bond acceptors (Lipinski definition) is 1.